The van der Waals surface area contributed by atoms with Gasteiger partial charge in [-0.15, -0.1) is 11.8 Å². The normalized spacial score (nSPS) is 10.3. The molecule has 2 aromatic rings. The van der Waals surface area contributed by atoms with Gasteiger partial charge >= 0.3 is 0 Å². The van der Waals surface area contributed by atoms with E-state index in [9.17, 15) is 14.0 Å². The van der Waals surface area contributed by atoms with Gasteiger partial charge in [-0.2, -0.15) is 0 Å². The van der Waals surface area contributed by atoms with Crippen molar-refractivity contribution < 1.29 is 14.0 Å². The number of carbonyl (C=O) groups excluding carboxylic acids is 2. The zero-order valence-electron chi connectivity index (χ0n) is 13.4. The zero-order chi connectivity index (χ0) is 18.1. The molecule has 0 atom stereocenters. The Hall–Kier alpha value is -2.05. The summed E-state index contributed by atoms with van der Waals surface area (Å²) in [4.78, 5) is 24.6. The highest BCUT2D eigenvalue weighted by molar-refractivity contribution is 7.99. The van der Waals surface area contributed by atoms with Crippen LogP contribution in [0.4, 0.5) is 4.39 Å². The summed E-state index contributed by atoms with van der Waals surface area (Å²) < 4.78 is 12.8. The molecule has 0 fully saturated rings. The SMILES string of the molecule is O=C(CNC(=O)c1ccccc1Cl)NCCCSc1ccc(F)cc1. The van der Waals surface area contributed by atoms with Crippen molar-refractivity contribution in [2.75, 3.05) is 18.8 Å². The van der Waals surface area contributed by atoms with Crippen molar-refractivity contribution in [1.29, 1.82) is 0 Å². The fourth-order valence-corrected chi connectivity index (χ4v) is 3.06. The van der Waals surface area contributed by atoms with Gasteiger partial charge in [0.05, 0.1) is 17.1 Å². The number of nitrogens with one attached hydrogen (secondary N) is 2. The van der Waals surface area contributed by atoms with E-state index in [1.807, 2.05) is 0 Å². The van der Waals surface area contributed by atoms with Gasteiger partial charge in [0.15, 0.2) is 0 Å². The zero-order valence-corrected chi connectivity index (χ0v) is 15.0. The molecule has 0 bridgehead atoms. The van der Waals surface area contributed by atoms with Crippen LogP contribution in [0.25, 0.3) is 0 Å². The number of hydrogen-bond acceptors (Lipinski definition) is 3. The number of amides is 2. The van der Waals surface area contributed by atoms with E-state index in [0.717, 1.165) is 17.1 Å². The van der Waals surface area contributed by atoms with Crippen molar-refractivity contribution >= 4 is 35.2 Å². The van der Waals surface area contributed by atoms with Crippen LogP contribution in [0.5, 0.6) is 0 Å². The molecule has 0 heterocycles. The Morgan fingerprint density at radius 3 is 2.48 bits per heavy atom. The molecule has 0 aromatic heterocycles. The molecule has 0 unspecified atom stereocenters. The Morgan fingerprint density at radius 1 is 1.04 bits per heavy atom. The lowest BCUT2D eigenvalue weighted by atomic mass is 10.2. The molecular weight excluding hydrogens is 363 g/mol. The molecule has 132 valence electrons. The predicted molar refractivity (Wildman–Crippen MR) is 98.5 cm³/mol. The van der Waals surface area contributed by atoms with E-state index in [1.165, 1.54) is 12.1 Å². The second-order valence-electron chi connectivity index (χ2n) is 5.17. The molecule has 2 N–H and O–H groups in total. The molecule has 2 aromatic carbocycles. The minimum Gasteiger partial charge on any atom is -0.355 e. The van der Waals surface area contributed by atoms with Gasteiger partial charge in [0.1, 0.15) is 5.82 Å². The van der Waals surface area contributed by atoms with E-state index < -0.39 is 0 Å². The van der Waals surface area contributed by atoms with Gasteiger partial charge < -0.3 is 10.6 Å². The molecule has 7 heteroatoms. The van der Waals surface area contributed by atoms with Gasteiger partial charge in [0, 0.05) is 11.4 Å². The first-order valence-electron chi connectivity index (χ1n) is 7.74. The average Bonchev–Trinajstić information content (AvgIpc) is 2.61. The maximum Gasteiger partial charge on any atom is 0.253 e. The van der Waals surface area contributed by atoms with Crippen LogP contribution in [0.1, 0.15) is 16.8 Å². The highest BCUT2D eigenvalue weighted by Gasteiger charge is 2.10. The summed E-state index contributed by atoms with van der Waals surface area (Å²) in [6, 6.07) is 13.0. The maximum atomic E-state index is 12.8. The number of thioether (sulfide) groups is 1. The van der Waals surface area contributed by atoms with Crippen LogP contribution in [0.15, 0.2) is 53.4 Å². The maximum absolute atomic E-state index is 12.8. The topological polar surface area (TPSA) is 58.2 Å². The third kappa shape index (κ3) is 6.76. The highest BCUT2D eigenvalue weighted by Crippen LogP contribution is 2.18. The van der Waals surface area contributed by atoms with Crippen LogP contribution in [-0.4, -0.2) is 30.7 Å². The first kappa shape index (κ1) is 19.3. The summed E-state index contributed by atoms with van der Waals surface area (Å²) in [5, 5.41) is 5.62. The Balaban J connectivity index is 1.60. The molecule has 2 amide bonds. The van der Waals surface area contributed by atoms with Crippen LogP contribution in [-0.2, 0) is 4.79 Å². The molecule has 2 rings (SSSR count). The fraction of sp³-hybridized carbons (Fsp3) is 0.222. The molecule has 0 radical (unpaired) electrons. The molecule has 25 heavy (non-hydrogen) atoms. The van der Waals surface area contributed by atoms with Crippen molar-refractivity contribution in [2.24, 2.45) is 0 Å². The molecule has 0 aliphatic rings. The first-order chi connectivity index (χ1) is 12.1. The minimum atomic E-state index is -0.382. The van der Waals surface area contributed by atoms with Gasteiger partial charge in [-0.25, -0.2) is 4.39 Å². The van der Waals surface area contributed by atoms with Crippen molar-refractivity contribution in [1.82, 2.24) is 10.6 Å². The van der Waals surface area contributed by atoms with E-state index in [2.05, 4.69) is 10.6 Å². The lowest BCUT2D eigenvalue weighted by molar-refractivity contribution is -0.120. The van der Waals surface area contributed by atoms with Crippen LogP contribution in [0.2, 0.25) is 5.02 Å². The lowest BCUT2D eigenvalue weighted by Gasteiger charge is -2.08. The molecule has 4 nitrogen and oxygen atoms in total. The molecule has 0 saturated heterocycles. The smallest absolute Gasteiger partial charge is 0.253 e. The van der Waals surface area contributed by atoms with Crippen LogP contribution in [0, 0.1) is 5.82 Å². The van der Waals surface area contributed by atoms with Gasteiger partial charge in [-0.3, -0.25) is 9.59 Å². The highest BCUT2D eigenvalue weighted by atomic mass is 35.5. The van der Waals surface area contributed by atoms with Gasteiger partial charge in [0.25, 0.3) is 5.91 Å². The second-order valence-corrected chi connectivity index (χ2v) is 6.74. The van der Waals surface area contributed by atoms with E-state index in [4.69, 9.17) is 11.6 Å². The monoisotopic (exact) mass is 380 g/mol. The molecule has 0 aliphatic carbocycles. The largest absolute Gasteiger partial charge is 0.355 e. The molecular formula is C18H18ClFN2O2S. The van der Waals surface area contributed by atoms with Crippen LogP contribution < -0.4 is 10.6 Å². The third-order valence-corrected chi connectivity index (χ3v) is 4.68. The molecule has 0 aliphatic heterocycles. The predicted octanol–water partition coefficient (Wildman–Crippen LogP) is 3.51. The standard InChI is InChI=1S/C18H18ClFN2O2S/c19-16-5-2-1-4-15(16)18(24)22-12-17(23)21-10-3-11-25-14-8-6-13(20)7-9-14/h1-2,4-9H,3,10-12H2,(H,21,23)(H,22,24). The van der Waals surface area contributed by atoms with Crippen LogP contribution in [0.3, 0.4) is 0 Å². The van der Waals surface area contributed by atoms with Crippen LogP contribution >= 0.6 is 23.4 Å². The summed E-state index contributed by atoms with van der Waals surface area (Å²) in [6.45, 7) is 0.407. The van der Waals surface area contributed by atoms with E-state index in [0.29, 0.717) is 17.1 Å². The molecule has 0 spiro atoms. The van der Waals surface area contributed by atoms with E-state index in [1.54, 1.807) is 48.2 Å². The quantitative estimate of drug-likeness (QED) is 0.544. The summed E-state index contributed by atoms with van der Waals surface area (Å²) >= 11 is 7.52. The number of rotatable bonds is 8. The van der Waals surface area contributed by atoms with Gasteiger partial charge in [0.2, 0.25) is 5.91 Å². The Labute approximate surface area is 155 Å². The average molecular weight is 381 g/mol. The third-order valence-electron chi connectivity index (χ3n) is 3.25. The van der Waals surface area contributed by atoms with Gasteiger partial charge in [-0.05, 0) is 48.6 Å². The lowest BCUT2D eigenvalue weighted by Crippen LogP contribution is -2.37. The van der Waals surface area contributed by atoms with Crippen molar-refractivity contribution in [2.45, 2.75) is 11.3 Å². The van der Waals surface area contributed by atoms with E-state index in [-0.39, 0.29) is 24.2 Å². The van der Waals surface area contributed by atoms with Crippen molar-refractivity contribution in [3.8, 4) is 0 Å². The first-order valence-corrected chi connectivity index (χ1v) is 9.10. The fourth-order valence-electron chi connectivity index (χ4n) is 1.98. The Bertz CT molecular complexity index is 725. The Morgan fingerprint density at radius 2 is 1.76 bits per heavy atom. The minimum absolute atomic E-state index is 0.102. The summed E-state index contributed by atoms with van der Waals surface area (Å²) in [5.41, 5.74) is 0.340. The van der Waals surface area contributed by atoms with Gasteiger partial charge in [-0.1, -0.05) is 23.7 Å². The van der Waals surface area contributed by atoms with E-state index >= 15 is 0 Å². The number of benzene rings is 2. The van der Waals surface area contributed by atoms with Crippen molar-refractivity contribution in [3.63, 3.8) is 0 Å². The summed E-state index contributed by atoms with van der Waals surface area (Å²) in [6.07, 6.45) is 0.770. The summed E-state index contributed by atoms with van der Waals surface area (Å²) in [5.74, 6) is -0.0898. The second kappa shape index (κ2) is 10.1. The molecule has 0 saturated carbocycles. The Kier molecular flexibility index (Phi) is 7.76. The number of halogens is 2. The van der Waals surface area contributed by atoms with Crippen molar-refractivity contribution in [3.05, 3.63) is 64.9 Å². The number of carbonyl (C=O) groups is 2. The summed E-state index contributed by atoms with van der Waals surface area (Å²) in [7, 11) is 0. The number of hydrogen-bond donors (Lipinski definition) is 2.